The van der Waals surface area contributed by atoms with Gasteiger partial charge in [0.15, 0.2) is 0 Å². The lowest BCUT2D eigenvalue weighted by Crippen LogP contribution is -2.38. The molecular formula is C11H18N2O. The van der Waals surface area contributed by atoms with Crippen molar-refractivity contribution >= 4 is 5.91 Å². The van der Waals surface area contributed by atoms with Gasteiger partial charge in [0.25, 0.3) is 0 Å². The molecule has 0 radical (unpaired) electrons. The molecule has 14 heavy (non-hydrogen) atoms. The molecule has 0 aromatic carbocycles. The number of hydrogen-bond acceptors (Lipinski definition) is 2. The van der Waals surface area contributed by atoms with Crippen molar-refractivity contribution in [2.75, 3.05) is 19.6 Å². The fourth-order valence-corrected chi connectivity index (χ4v) is 1.63. The number of rotatable bonds is 4. The highest BCUT2D eigenvalue weighted by atomic mass is 16.1. The average molecular weight is 194 g/mol. The second kappa shape index (κ2) is 6.44. The van der Waals surface area contributed by atoms with Crippen LogP contribution in [0.3, 0.4) is 0 Å². The first kappa shape index (κ1) is 11.1. The van der Waals surface area contributed by atoms with Gasteiger partial charge >= 0.3 is 0 Å². The number of hydrogen-bond donors (Lipinski definition) is 2. The zero-order valence-corrected chi connectivity index (χ0v) is 8.51. The van der Waals surface area contributed by atoms with Crippen molar-refractivity contribution in [1.29, 1.82) is 0 Å². The van der Waals surface area contributed by atoms with Crippen LogP contribution in [-0.2, 0) is 4.79 Å². The summed E-state index contributed by atoms with van der Waals surface area (Å²) < 4.78 is 0. The Hall–Kier alpha value is -1.01. The average Bonchev–Trinajstić information content (AvgIpc) is 2.25. The van der Waals surface area contributed by atoms with Crippen LogP contribution in [0.1, 0.15) is 25.7 Å². The Balaban J connectivity index is 2.07. The summed E-state index contributed by atoms with van der Waals surface area (Å²) in [4.78, 5) is 11.2. The van der Waals surface area contributed by atoms with Crippen LogP contribution in [0.5, 0.6) is 0 Å². The highest BCUT2D eigenvalue weighted by molar-refractivity contribution is 5.76. The molecule has 1 fully saturated rings. The predicted molar refractivity (Wildman–Crippen MR) is 56.7 cm³/mol. The minimum atomic E-state index is 0.0773. The van der Waals surface area contributed by atoms with Gasteiger partial charge in [-0.1, -0.05) is 0 Å². The summed E-state index contributed by atoms with van der Waals surface area (Å²) in [6.07, 6.45) is 8.49. The molecule has 0 aromatic rings. The van der Waals surface area contributed by atoms with Crippen LogP contribution in [0.2, 0.25) is 0 Å². The van der Waals surface area contributed by atoms with Crippen LogP contribution in [0.4, 0.5) is 0 Å². The number of nitrogens with one attached hydrogen (secondary N) is 2. The Morgan fingerprint density at radius 1 is 1.64 bits per heavy atom. The van der Waals surface area contributed by atoms with Crippen molar-refractivity contribution < 1.29 is 4.79 Å². The molecule has 78 valence electrons. The molecule has 1 rings (SSSR count). The number of carbonyl (C=O) groups excluding carboxylic acids is 1. The number of carbonyl (C=O) groups is 1. The van der Waals surface area contributed by atoms with E-state index in [0.29, 0.717) is 18.8 Å². The van der Waals surface area contributed by atoms with E-state index < -0.39 is 0 Å². The zero-order chi connectivity index (χ0) is 10.2. The van der Waals surface area contributed by atoms with Crippen molar-refractivity contribution in [2.45, 2.75) is 25.7 Å². The molecule has 0 bridgehead atoms. The molecule has 1 saturated heterocycles. The van der Waals surface area contributed by atoms with Crippen molar-refractivity contribution in [3.05, 3.63) is 0 Å². The van der Waals surface area contributed by atoms with Crippen molar-refractivity contribution in [2.24, 2.45) is 5.92 Å². The third-order valence-corrected chi connectivity index (χ3v) is 2.48. The lowest BCUT2D eigenvalue weighted by Gasteiger charge is -2.22. The van der Waals surface area contributed by atoms with Gasteiger partial charge in [0.2, 0.25) is 5.91 Å². The van der Waals surface area contributed by atoms with Gasteiger partial charge < -0.3 is 10.6 Å². The highest BCUT2D eigenvalue weighted by Crippen LogP contribution is 2.08. The summed E-state index contributed by atoms with van der Waals surface area (Å²) in [7, 11) is 0. The summed E-state index contributed by atoms with van der Waals surface area (Å²) in [6.45, 7) is 2.92. The van der Waals surface area contributed by atoms with E-state index in [0.717, 1.165) is 19.6 Å². The van der Waals surface area contributed by atoms with E-state index in [2.05, 4.69) is 16.6 Å². The topological polar surface area (TPSA) is 41.1 Å². The first-order chi connectivity index (χ1) is 6.83. The van der Waals surface area contributed by atoms with Gasteiger partial charge in [0.1, 0.15) is 0 Å². The smallest absolute Gasteiger partial charge is 0.220 e. The predicted octanol–water partition coefficient (Wildman–Crippen LogP) is 0.516. The van der Waals surface area contributed by atoms with E-state index >= 15 is 0 Å². The Kier molecular flexibility index (Phi) is 5.09. The van der Waals surface area contributed by atoms with Crippen LogP contribution in [0, 0.1) is 18.3 Å². The van der Waals surface area contributed by atoms with Crippen molar-refractivity contribution in [3.8, 4) is 12.3 Å². The summed E-state index contributed by atoms with van der Waals surface area (Å²) in [5.41, 5.74) is 0. The highest BCUT2D eigenvalue weighted by Gasteiger charge is 2.13. The number of piperidine rings is 1. The maximum atomic E-state index is 11.2. The third-order valence-electron chi connectivity index (χ3n) is 2.48. The Morgan fingerprint density at radius 3 is 3.14 bits per heavy atom. The molecule has 2 N–H and O–H groups in total. The first-order valence-electron chi connectivity index (χ1n) is 5.24. The van der Waals surface area contributed by atoms with Crippen LogP contribution < -0.4 is 10.6 Å². The molecule has 1 atom stereocenters. The van der Waals surface area contributed by atoms with E-state index in [1.165, 1.54) is 12.8 Å². The Bertz CT molecular complexity index is 214. The maximum absolute atomic E-state index is 11.2. The van der Waals surface area contributed by atoms with E-state index in [1.807, 2.05) is 0 Å². The number of amides is 1. The van der Waals surface area contributed by atoms with Crippen LogP contribution in [0.15, 0.2) is 0 Å². The van der Waals surface area contributed by atoms with E-state index in [-0.39, 0.29) is 5.91 Å². The fraction of sp³-hybridized carbons (Fsp3) is 0.727. The second-order valence-corrected chi connectivity index (χ2v) is 3.72. The monoisotopic (exact) mass is 194 g/mol. The minimum Gasteiger partial charge on any atom is -0.356 e. The molecule has 3 heteroatoms. The van der Waals surface area contributed by atoms with Gasteiger partial charge in [-0.25, -0.2) is 0 Å². The normalized spacial score (nSPS) is 21.2. The summed E-state index contributed by atoms with van der Waals surface area (Å²) >= 11 is 0. The molecule has 0 saturated carbocycles. The Morgan fingerprint density at radius 2 is 2.50 bits per heavy atom. The van der Waals surface area contributed by atoms with E-state index in [4.69, 9.17) is 6.42 Å². The van der Waals surface area contributed by atoms with Crippen LogP contribution in [-0.4, -0.2) is 25.5 Å². The number of terminal acetylenes is 1. The molecule has 3 nitrogen and oxygen atoms in total. The molecule has 1 unspecified atom stereocenters. The fourth-order valence-electron chi connectivity index (χ4n) is 1.63. The Labute approximate surface area is 85.6 Å². The second-order valence-electron chi connectivity index (χ2n) is 3.72. The van der Waals surface area contributed by atoms with Gasteiger partial charge in [-0.05, 0) is 31.8 Å². The van der Waals surface area contributed by atoms with Gasteiger partial charge in [-0.2, -0.15) is 0 Å². The quantitative estimate of drug-likeness (QED) is 0.640. The van der Waals surface area contributed by atoms with Gasteiger partial charge in [-0.15, -0.1) is 12.3 Å². The minimum absolute atomic E-state index is 0.0773. The standard InChI is InChI=1S/C11H18N2O/c1-2-3-6-11(14)13-9-10-5-4-7-12-8-10/h1,10,12H,3-9H2,(H,13,14). The SMILES string of the molecule is C#CCCC(=O)NCC1CCCNC1. The zero-order valence-electron chi connectivity index (χ0n) is 8.51. The first-order valence-corrected chi connectivity index (χ1v) is 5.24. The van der Waals surface area contributed by atoms with Crippen LogP contribution in [0.25, 0.3) is 0 Å². The van der Waals surface area contributed by atoms with Gasteiger partial charge in [-0.3, -0.25) is 4.79 Å². The summed E-state index contributed by atoms with van der Waals surface area (Å²) in [6, 6.07) is 0. The van der Waals surface area contributed by atoms with Crippen molar-refractivity contribution in [3.63, 3.8) is 0 Å². The molecule has 0 aromatic heterocycles. The molecule has 0 aliphatic carbocycles. The molecule has 0 spiro atoms. The van der Waals surface area contributed by atoms with Crippen molar-refractivity contribution in [1.82, 2.24) is 10.6 Å². The molecule has 1 aliphatic heterocycles. The lowest BCUT2D eigenvalue weighted by molar-refractivity contribution is -0.121. The molecule has 1 aliphatic rings. The van der Waals surface area contributed by atoms with Gasteiger partial charge in [0, 0.05) is 19.4 Å². The summed E-state index contributed by atoms with van der Waals surface area (Å²) in [5.74, 6) is 3.14. The maximum Gasteiger partial charge on any atom is 0.220 e. The largest absolute Gasteiger partial charge is 0.356 e. The third kappa shape index (κ3) is 4.29. The molecular weight excluding hydrogens is 176 g/mol. The summed E-state index contributed by atoms with van der Waals surface area (Å²) in [5, 5.41) is 6.23. The van der Waals surface area contributed by atoms with E-state index in [9.17, 15) is 4.79 Å². The molecule has 1 heterocycles. The lowest BCUT2D eigenvalue weighted by atomic mass is 10.00. The van der Waals surface area contributed by atoms with Crippen LogP contribution >= 0.6 is 0 Å². The molecule has 1 amide bonds. The van der Waals surface area contributed by atoms with E-state index in [1.54, 1.807) is 0 Å². The van der Waals surface area contributed by atoms with Gasteiger partial charge in [0.05, 0.1) is 0 Å².